The zero-order valence-corrected chi connectivity index (χ0v) is 16.7. The molecule has 0 heterocycles. The summed E-state index contributed by atoms with van der Waals surface area (Å²) < 4.78 is 5.84. The van der Waals surface area contributed by atoms with Crippen LogP contribution in [0.2, 0.25) is 0 Å². The summed E-state index contributed by atoms with van der Waals surface area (Å²) in [5.74, 6) is -1.65. The molecule has 25 heavy (non-hydrogen) atoms. The molecule has 0 aliphatic heterocycles. The van der Waals surface area contributed by atoms with E-state index in [0.29, 0.717) is 18.8 Å². The first-order chi connectivity index (χ1) is 11.8. The third-order valence-electron chi connectivity index (χ3n) is 5.46. The number of ether oxygens (including phenoxy) is 1. The average molecular weight is 355 g/mol. The van der Waals surface area contributed by atoms with Gasteiger partial charge in [0.2, 0.25) is 0 Å². The topological polar surface area (TPSA) is 63.6 Å². The number of esters is 1. The van der Waals surface area contributed by atoms with Gasteiger partial charge in [-0.2, -0.15) is 0 Å². The number of hydrogen-bond acceptors (Lipinski definition) is 3. The van der Waals surface area contributed by atoms with E-state index in [1.54, 1.807) is 0 Å². The summed E-state index contributed by atoms with van der Waals surface area (Å²) in [5, 5.41) is 9.38. The second-order valence-electron chi connectivity index (χ2n) is 8.37. The Morgan fingerprint density at radius 1 is 1.04 bits per heavy atom. The molecule has 0 aromatic carbocycles. The van der Waals surface area contributed by atoms with Gasteiger partial charge in [0.15, 0.2) is 0 Å². The summed E-state index contributed by atoms with van der Waals surface area (Å²) in [6, 6.07) is 0. The van der Waals surface area contributed by atoms with Gasteiger partial charge in [-0.1, -0.05) is 65.2 Å². The third-order valence-corrected chi connectivity index (χ3v) is 5.46. The zero-order valence-electron chi connectivity index (χ0n) is 16.7. The third kappa shape index (κ3) is 7.79. The first-order valence-electron chi connectivity index (χ1n) is 10.3. The highest BCUT2D eigenvalue weighted by Gasteiger charge is 2.39. The maximum atomic E-state index is 12.6. The normalized spacial score (nSPS) is 22.4. The maximum Gasteiger partial charge on any atom is 0.310 e. The van der Waals surface area contributed by atoms with Crippen LogP contribution < -0.4 is 0 Å². The fourth-order valence-corrected chi connectivity index (χ4v) is 4.23. The highest BCUT2D eigenvalue weighted by atomic mass is 16.6. The molecule has 1 fully saturated rings. The molecule has 3 unspecified atom stereocenters. The van der Waals surface area contributed by atoms with Crippen LogP contribution in [0.5, 0.6) is 0 Å². The predicted molar refractivity (Wildman–Crippen MR) is 100 cm³/mol. The predicted octanol–water partition coefficient (Wildman–Crippen LogP) is 5.59. The zero-order chi connectivity index (χ0) is 18.9. The summed E-state index contributed by atoms with van der Waals surface area (Å²) in [4.78, 5) is 24.1. The summed E-state index contributed by atoms with van der Waals surface area (Å²) in [5.41, 5.74) is -0.524. The molecule has 1 saturated carbocycles. The molecule has 0 amide bonds. The molecule has 0 aromatic heterocycles. The Balaban J connectivity index is 2.63. The van der Waals surface area contributed by atoms with Crippen LogP contribution in [0.25, 0.3) is 0 Å². The number of carbonyl (C=O) groups is 2. The lowest BCUT2D eigenvalue weighted by Gasteiger charge is -2.34. The van der Waals surface area contributed by atoms with Gasteiger partial charge in [-0.3, -0.25) is 9.59 Å². The van der Waals surface area contributed by atoms with Crippen molar-refractivity contribution >= 4 is 11.9 Å². The van der Waals surface area contributed by atoms with E-state index in [1.807, 2.05) is 13.8 Å². The molecule has 0 bridgehead atoms. The molecule has 1 rings (SSSR count). The minimum absolute atomic E-state index is 0.305. The van der Waals surface area contributed by atoms with Crippen LogP contribution in [0.1, 0.15) is 98.3 Å². The minimum Gasteiger partial charge on any atom is -0.481 e. The first-order valence-corrected chi connectivity index (χ1v) is 10.3. The van der Waals surface area contributed by atoms with E-state index in [1.165, 1.54) is 25.7 Å². The fraction of sp³-hybridized carbons (Fsp3) is 0.905. The van der Waals surface area contributed by atoms with Crippen molar-refractivity contribution in [2.24, 2.45) is 17.8 Å². The molecular formula is C21H38O4. The second-order valence-corrected chi connectivity index (χ2v) is 8.37. The number of hydrogen-bond donors (Lipinski definition) is 1. The van der Waals surface area contributed by atoms with E-state index in [4.69, 9.17) is 4.74 Å². The van der Waals surface area contributed by atoms with Crippen LogP contribution in [-0.4, -0.2) is 22.6 Å². The van der Waals surface area contributed by atoms with Crippen LogP contribution in [-0.2, 0) is 14.3 Å². The Kier molecular flexibility index (Phi) is 9.52. The number of aliphatic carboxylic acids is 1. The van der Waals surface area contributed by atoms with Gasteiger partial charge in [0.1, 0.15) is 5.60 Å². The summed E-state index contributed by atoms with van der Waals surface area (Å²) in [6.45, 7) is 8.37. The highest BCUT2D eigenvalue weighted by Crippen LogP contribution is 2.34. The Morgan fingerprint density at radius 2 is 1.68 bits per heavy atom. The molecule has 0 aromatic rings. The monoisotopic (exact) mass is 354 g/mol. The Bertz CT molecular complexity index is 416. The van der Waals surface area contributed by atoms with Crippen molar-refractivity contribution in [2.75, 3.05) is 0 Å². The second kappa shape index (κ2) is 10.8. The molecule has 4 nitrogen and oxygen atoms in total. The van der Waals surface area contributed by atoms with Crippen molar-refractivity contribution in [3.8, 4) is 0 Å². The van der Waals surface area contributed by atoms with Gasteiger partial charge < -0.3 is 9.84 Å². The van der Waals surface area contributed by atoms with Gasteiger partial charge in [0, 0.05) is 0 Å². The average Bonchev–Trinajstić information content (AvgIpc) is 2.54. The van der Waals surface area contributed by atoms with Crippen molar-refractivity contribution in [1.29, 1.82) is 0 Å². The van der Waals surface area contributed by atoms with Crippen LogP contribution >= 0.6 is 0 Å². The number of unbranched alkanes of at least 4 members (excludes halogenated alkanes) is 2. The lowest BCUT2D eigenvalue weighted by atomic mass is 9.79. The van der Waals surface area contributed by atoms with E-state index in [-0.39, 0.29) is 5.97 Å². The van der Waals surface area contributed by atoms with E-state index < -0.39 is 23.4 Å². The lowest BCUT2D eigenvalue weighted by molar-refractivity contribution is -0.171. The van der Waals surface area contributed by atoms with Gasteiger partial charge in [0.05, 0.1) is 11.8 Å². The molecule has 1 aliphatic carbocycles. The van der Waals surface area contributed by atoms with Crippen molar-refractivity contribution in [3.05, 3.63) is 0 Å². The molecule has 0 radical (unpaired) electrons. The van der Waals surface area contributed by atoms with E-state index in [2.05, 4.69) is 13.8 Å². The molecule has 0 spiro atoms. The molecule has 1 aliphatic rings. The van der Waals surface area contributed by atoms with Crippen molar-refractivity contribution in [3.63, 3.8) is 0 Å². The smallest absolute Gasteiger partial charge is 0.310 e. The lowest BCUT2D eigenvalue weighted by Crippen LogP contribution is -2.39. The number of carboxylic acids is 1. The van der Waals surface area contributed by atoms with Crippen LogP contribution in [0.4, 0.5) is 0 Å². The number of carbonyl (C=O) groups excluding carboxylic acids is 1. The Labute approximate surface area is 153 Å². The standard InChI is InChI=1S/C21H38O4/c1-5-7-8-12-16(11-6-2)15-21(3,4)25-20(24)18-14-10-9-13-17(18)19(22)23/h16-18H,5-15H2,1-4H3,(H,22,23). The highest BCUT2D eigenvalue weighted by molar-refractivity contribution is 5.81. The van der Waals surface area contributed by atoms with Crippen LogP contribution in [0.15, 0.2) is 0 Å². The number of carboxylic acid groups (broad SMARTS) is 1. The van der Waals surface area contributed by atoms with Gasteiger partial charge >= 0.3 is 11.9 Å². The molecule has 3 atom stereocenters. The minimum atomic E-state index is -0.858. The van der Waals surface area contributed by atoms with E-state index in [9.17, 15) is 14.7 Å². The molecule has 1 N–H and O–H groups in total. The largest absolute Gasteiger partial charge is 0.481 e. The Hall–Kier alpha value is -1.06. The molecule has 0 saturated heterocycles. The number of rotatable bonds is 11. The quantitative estimate of drug-likeness (QED) is 0.388. The van der Waals surface area contributed by atoms with Gasteiger partial charge in [-0.05, 0) is 39.0 Å². The van der Waals surface area contributed by atoms with Gasteiger partial charge in [-0.15, -0.1) is 0 Å². The fourth-order valence-electron chi connectivity index (χ4n) is 4.23. The van der Waals surface area contributed by atoms with E-state index >= 15 is 0 Å². The van der Waals surface area contributed by atoms with E-state index in [0.717, 1.165) is 32.1 Å². The summed E-state index contributed by atoms with van der Waals surface area (Å²) in [6.07, 6.45) is 11.1. The van der Waals surface area contributed by atoms with Crippen LogP contribution in [0, 0.1) is 17.8 Å². The van der Waals surface area contributed by atoms with Gasteiger partial charge in [0.25, 0.3) is 0 Å². The van der Waals surface area contributed by atoms with Gasteiger partial charge in [-0.25, -0.2) is 0 Å². The summed E-state index contributed by atoms with van der Waals surface area (Å²) >= 11 is 0. The summed E-state index contributed by atoms with van der Waals surface area (Å²) in [7, 11) is 0. The van der Waals surface area contributed by atoms with Crippen molar-refractivity contribution in [2.45, 2.75) is 104 Å². The maximum absolute atomic E-state index is 12.6. The van der Waals surface area contributed by atoms with Crippen LogP contribution in [0.3, 0.4) is 0 Å². The van der Waals surface area contributed by atoms with Crippen molar-refractivity contribution in [1.82, 2.24) is 0 Å². The first kappa shape index (κ1) is 22.0. The van der Waals surface area contributed by atoms with Crippen molar-refractivity contribution < 1.29 is 19.4 Å². The molecule has 4 heteroatoms. The SMILES string of the molecule is CCCCCC(CCC)CC(C)(C)OC(=O)C1CCCCC1C(=O)O. The Morgan fingerprint density at radius 3 is 2.24 bits per heavy atom. The molecular weight excluding hydrogens is 316 g/mol. The molecule has 146 valence electrons.